The zero-order valence-electron chi connectivity index (χ0n) is 10.3. The fourth-order valence-electron chi connectivity index (χ4n) is 1.36. The monoisotopic (exact) mass is 262 g/mol. The van der Waals surface area contributed by atoms with Gasteiger partial charge in [-0.05, 0) is 12.1 Å². The number of carbonyl (C=O) groups is 1. The predicted molar refractivity (Wildman–Crippen MR) is 73.4 cm³/mol. The largest absolute Gasteiger partial charge is 0.381 e. The minimum atomic E-state index is 0.0226. The fourth-order valence-corrected chi connectivity index (χ4v) is 2.24. The van der Waals surface area contributed by atoms with Crippen molar-refractivity contribution in [3.63, 3.8) is 0 Å². The maximum absolute atomic E-state index is 11.5. The quantitative estimate of drug-likeness (QED) is 0.846. The van der Waals surface area contributed by atoms with Crippen LogP contribution >= 0.6 is 11.8 Å². The van der Waals surface area contributed by atoms with Crippen molar-refractivity contribution < 1.29 is 4.79 Å². The van der Waals surface area contributed by atoms with E-state index in [0.717, 1.165) is 11.0 Å². The van der Waals surface area contributed by atoms with Crippen LogP contribution in [0.4, 0.5) is 5.82 Å². The van der Waals surface area contributed by atoms with Crippen LogP contribution < -0.4 is 5.73 Å². The average Bonchev–Trinajstić information content (AvgIpc) is 2.35. The molecule has 94 valence electrons. The highest BCUT2D eigenvalue weighted by Crippen LogP contribution is 2.23. The van der Waals surface area contributed by atoms with E-state index in [4.69, 9.17) is 5.73 Å². The highest BCUT2D eigenvalue weighted by Gasteiger charge is 2.10. The maximum atomic E-state index is 11.5. The molecule has 2 rings (SSSR count). The number of hydrogen-bond donors (Lipinski definition) is 1. The van der Waals surface area contributed by atoms with Gasteiger partial charge in [0.25, 0.3) is 0 Å². The second kappa shape index (κ2) is 5.22. The molecule has 0 fully saturated rings. The van der Waals surface area contributed by atoms with E-state index in [-0.39, 0.29) is 5.91 Å². The van der Waals surface area contributed by atoms with Gasteiger partial charge in [-0.3, -0.25) is 4.79 Å². The minimum absolute atomic E-state index is 0.0226. The Morgan fingerprint density at radius 2 is 1.89 bits per heavy atom. The molecule has 6 heteroatoms. The van der Waals surface area contributed by atoms with E-state index in [1.807, 2.05) is 24.3 Å². The number of aromatic nitrogens is 2. The van der Waals surface area contributed by atoms with Crippen LogP contribution in [0.3, 0.4) is 0 Å². The Morgan fingerprint density at radius 1 is 1.28 bits per heavy atom. The van der Waals surface area contributed by atoms with Gasteiger partial charge in [-0.1, -0.05) is 23.9 Å². The molecule has 0 aliphatic rings. The lowest BCUT2D eigenvalue weighted by molar-refractivity contribution is -0.125. The molecule has 0 radical (unpaired) electrons. The SMILES string of the molecule is CN(C)C(=O)CSc1nc2ccccc2nc1N. The molecule has 1 aromatic heterocycles. The van der Waals surface area contributed by atoms with Crippen molar-refractivity contribution >= 4 is 34.5 Å². The van der Waals surface area contributed by atoms with E-state index in [1.165, 1.54) is 16.7 Å². The van der Waals surface area contributed by atoms with E-state index in [1.54, 1.807) is 14.1 Å². The molecule has 0 aliphatic heterocycles. The van der Waals surface area contributed by atoms with Gasteiger partial charge in [-0.25, -0.2) is 9.97 Å². The van der Waals surface area contributed by atoms with Crippen LogP contribution in [-0.4, -0.2) is 40.6 Å². The maximum Gasteiger partial charge on any atom is 0.232 e. The van der Waals surface area contributed by atoms with E-state index in [9.17, 15) is 4.79 Å². The summed E-state index contributed by atoms with van der Waals surface area (Å²) in [6.07, 6.45) is 0. The van der Waals surface area contributed by atoms with Crippen molar-refractivity contribution in [2.75, 3.05) is 25.6 Å². The fraction of sp³-hybridized carbons (Fsp3) is 0.250. The number of nitrogens with zero attached hydrogens (tertiary/aromatic N) is 3. The van der Waals surface area contributed by atoms with Crippen LogP contribution in [0.15, 0.2) is 29.3 Å². The van der Waals surface area contributed by atoms with E-state index in [0.29, 0.717) is 16.6 Å². The number of para-hydroxylation sites is 2. The second-order valence-electron chi connectivity index (χ2n) is 3.98. The number of benzene rings is 1. The summed E-state index contributed by atoms with van der Waals surface area (Å²) < 4.78 is 0. The normalized spacial score (nSPS) is 10.6. The molecule has 1 heterocycles. The zero-order valence-corrected chi connectivity index (χ0v) is 11.1. The van der Waals surface area contributed by atoms with Crippen LogP contribution in [0.2, 0.25) is 0 Å². The molecule has 0 saturated carbocycles. The van der Waals surface area contributed by atoms with Crippen LogP contribution in [0.5, 0.6) is 0 Å². The summed E-state index contributed by atoms with van der Waals surface area (Å²) in [7, 11) is 3.44. The molecule has 0 aliphatic carbocycles. The lowest BCUT2D eigenvalue weighted by Crippen LogP contribution is -2.23. The summed E-state index contributed by atoms with van der Waals surface area (Å²) in [5, 5.41) is 0.601. The van der Waals surface area contributed by atoms with Crippen molar-refractivity contribution in [3.8, 4) is 0 Å². The van der Waals surface area contributed by atoms with Gasteiger partial charge in [-0.2, -0.15) is 0 Å². The molecule has 0 spiro atoms. The summed E-state index contributed by atoms with van der Waals surface area (Å²) in [5.74, 6) is 0.698. The van der Waals surface area contributed by atoms with Crippen molar-refractivity contribution in [1.29, 1.82) is 0 Å². The van der Waals surface area contributed by atoms with Gasteiger partial charge in [0.05, 0.1) is 16.8 Å². The van der Waals surface area contributed by atoms with Gasteiger partial charge in [0, 0.05) is 14.1 Å². The molecular formula is C12H14N4OS. The molecule has 0 atom stereocenters. The van der Waals surface area contributed by atoms with Gasteiger partial charge in [0.15, 0.2) is 5.82 Å². The first-order valence-corrected chi connectivity index (χ1v) is 6.41. The Hall–Kier alpha value is -1.82. The number of amides is 1. The van der Waals surface area contributed by atoms with E-state index >= 15 is 0 Å². The van der Waals surface area contributed by atoms with Gasteiger partial charge >= 0.3 is 0 Å². The molecular weight excluding hydrogens is 248 g/mol. The minimum Gasteiger partial charge on any atom is -0.381 e. The number of fused-ring (bicyclic) bond motifs is 1. The Morgan fingerprint density at radius 3 is 2.50 bits per heavy atom. The first-order valence-electron chi connectivity index (χ1n) is 5.43. The summed E-state index contributed by atoms with van der Waals surface area (Å²) >= 11 is 1.31. The molecule has 1 amide bonds. The molecule has 18 heavy (non-hydrogen) atoms. The van der Waals surface area contributed by atoms with Gasteiger partial charge in [0.1, 0.15) is 5.03 Å². The van der Waals surface area contributed by atoms with Crippen molar-refractivity contribution in [2.24, 2.45) is 0 Å². The van der Waals surface area contributed by atoms with Crippen molar-refractivity contribution in [2.45, 2.75) is 5.03 Å². The van der Waals surface area contributed by atoms with E-state index in [2.05, 4.69) is 9.97 Å². The highest BCUT2D eigenvalue weighted by molar-refractivity contribution is 8.00. The van der Waals surface area contributed by atoms with Gasteiger partial charge in [0.2, 0.25) is 5.91 Å². The van der Waals surface area contributed by atoms with Crippen LogP contribution in [0.1, 0.15) is 0 Å². The van der Waals surface area contributed by atoms with Crippen LogP contribution in [-0.2, 0) is 4.79 Å². The molecule has 2 N–H and O–H groups in total. The Labute approximate surface area is 109 Å². The predicted octanol–water partition coefficient (Wildman–Crippen LogP) is 1.39. The standard InChI is InChI=1S/C12H14N4OS/c1-16(2)10(17)7-18-12-11(13)14-8-5-3-4-6-9(8)15-12/h3-6H,7H2,1-2H3,(H2,13,14). The summed E-state index contributed by atoms with van der Waals surface area (Å²) in [4.78, 5) is 21.7. The number of carbonyl (C=O) groups excluding carboxylic acids is 1. The summed E-state index contributed by atoms with van der Waals surface area (Å²) in [5.41, 5.74) is 7.38. The number of thioether (sulfide) groups is 1. The van der Waals surface area contributed by atoms with Crippen molar-refractivity contribution in [1.82, 2.24) is 14.9 Å². The average molecular weight is 262 g/mol. The second-order valence-corrected chi connectivity index (χ2v) is 4.94. The molecule has 0 saturated heterocycles. The molecule has 2 aromatic rings. The summed E-state index contributed by atoms with van der Waals surface area (Å²) in [6.45, 7) is 0. The number of nitrogens with two attached hydrogens (primary N) is 1. The topological polar surface area (TPSA) is 72.1 Å². The van der Waals surface area contributed by atoms with E-state index < -0.39 is 0 Å². The number of hydrogen-bond acceptors (Lipinski definition) is 5. The third kappa shape index (κ3) is 2.70. The molecule has 0 unspecified atom stereocenters. The smallest absolute Gasteiger partial charge is 0.232 e. The van der Waals surface area contributed by atoms with Crippen LogP contribution in [0, 0.1) is 0 Å². The molecule has 5 nitrogen and oxygen atoms in total. The first-order chi connectivity index (χ1) is 8.58. The van der Waals surface area contributed by atoms with Crippen molar-refractivity contribution in [3.05, 3.63) is 24.3 Å². The third-order valence-corrected chi connectivity index (χ3v) is 3.36. The highest BCUT2D eigenvalue weighted by atomic mass is 32.2. The van der Waals surface area contributed by atoms with Gasteiger partial charge in [-0.15, -0.1) is 0 Å². The number of anilines is 1. The third-order valence-electron chi connectivity index (χ3n) is 2.39. The Kier molecular flexibility index (Phi) is 3.66. The van der Waals surface area contributed by atoms with Gasteiger partial charge < -0.3 is 10.6 Å². The Balaban J connectivity index is 2.23. The first kappa shape index (κ1) is 12.6. The number of rotatable bonds is 3. The lowest BCUT2D eigenvalue weighted by Gasteiger charge is -2.10. The van der Waals surface area contributed by atoms with Crippen LogP contribution in [0.25, 0.3) is 11.0 Å². The molecule has 1 aromatic carbocycles. The zero-order chi connectivity index (χ0) is 13.1. The number of nitrogen functional groups attached to an aromatic ring is 1. The lowest BCUT2D eigenvalue weighted by atomic mass is 10.3. The summed E-state index contributed by atoms with van der Waals surface area (Å²) in [6, 6.07) is 7.52. The molecule has 0 bridgehead atoms. The Bertz CT molecular complexity index is 585.